The normalized spacial score (nSPS) is 18.5. The molecule has 0 fully saturated rings. The predicted molar refractivity (Wildman–Crippen MR) is 346 cm³/mol. The third-order valence-corrected chi connectivity index (χ3v) is 17.1. The van der Waals surface area contributed by atoms with Crippen LogP contribution in [0.1, 0.15) is 74.7 Å². The molecular weight excluding hydrogens is 1020 g/mol. The molecule has 2 aliphatic carbocycles. The van der Waals surface area contributed by atoms with Gasteiger partial charge in [0.25, 0.3) is 0 Å². The zero-order valence-corrected chi connectivity index (χ0v) is 46.0. The Kier molecular flexibility index (Phi) is 12.1. The van der Waals surface area contributed by atoms with Gasteiger partial charge in [0.1, 0.15) is 24.0 Å². The van der Waals surface area contributed by atoms with Crippen LogP contribution in [0.3, 0.4) is 0 Å². The molecule has 2 N–H and O–H groups in total. The number of nitrogens with one attached hydrogen (secondary N) is 2. The van der Waals surface area contributed by atoms with Crippen molar-refractivity contribution in [2.75, 3.05) is 4.90 Å². The molecule has 0 saturated heterocycles. The van der Waals surface area contributed by atoms with Crippen molar-refractivity contribution in [3.63, 3.8) is 0 Å². The lowest BCUT2D eigenvalue weighted by molar-refractivity contribution is 0.674. The van der Waals surface area contributed by atoms with Crippen molar-refractivity contribution in [3.05, 3.63) is 323 Å². The maximum absolute atomic E-state index is 5.64. The number of para-hydroxylation sites is 1. The van der Waals surface area contributed by atoms with Crippen molar-refractivity contribution >= 4 is 62.6 Å². The summed E-state index contributed by atoms with van der Waals surface area (Å²) in [6.07, 6.45) is 15.0. The third-order valence-electron chi connectivity index (χ3n) is 17.1. The van der Waals surface area contributed by atoms with E-state index in [2.05, 4.69) is 293 Å². The number of amidine groups is 4. The minimum Gasteiger partial charge on any atom is -0.344 e. The lowest BCUT2D eigenvalue weighted by Gasteiger charge is -2.29. The van der Waals surface area contributed by atoms with Crippen LogP contribution in [0.25, 0.3) is 55.8 Å². The number of benzene rings is 10. The zero-order valence-electron chi connectivity index (χ0n) is 46.0. The molecule has 84 heavy (non-hydrogen) atoms. The number of aliphatic imine (C=N–C) groups is 4. The molecule has 400 valence electrons. The van der Waals surface area contributed by atoms with Gasteiger partial charge >= 0.3 is 0 Å². The highest BCUT2D eigenvalue weighted by atomic mass is 15.2. The van der Waals surface area contributed by atoms with Crippen molar-refractivity contribution in [1.82, 2.24) is 15.2 Å². The van der Waals surface area contributed by atoms with E-state index in [9.17, 15) is 0 Å². The van der Waals surface area contributed by atoms with Gasteiger partial charge in [0, 0.05) is 61.4 Å². The van der Waals surface area contributed by atoms with Gasteiger partial charge in [-0.05, 0) is 94.3 Å². The summed E-state index contributed by atoms with van der Waals surface area (Å²) in [4.78, 5) is 24.9. The summed E-state index contributed by atoms with van der Waals surface area (Å²) in [6, 6.07) is 86.5. The second-order valence-electron chi connectivity index (χ2n) is 22.0. The fourth-order valence-corrected chi connectivity index (χ4v) is 13.2. The summed E-state index contributed by atoms with van der Waals surface area (Å²) in [6.45, 7) is 0. The average molecular weight is 1080 g/mol. The maximum Gasteiger partial charge on any atom is 0.161 e. The Morgan fingerprint density at radius 1 is 0.452 bits per heavy atom. The molecule has 0 saturated carbocycles. The van der Waals surface area contributed by atoms with Crippen molar-refractivity contribution in [1.29, 1.82) is 0 Å². The molecule has 4 heterocycles. The number of aryl methyl sites for hydroxylation is 1. The minimum absolute atomic E-state index is 0.0698. The first-order valence-corrected chi connectivity index (χ1v) is 29.1. The molecule has 0 radical (unpaired) electrons. The molecule has 0 bridgehead atoms. The number of nitrogens with zero attached hydrogens (tertiary/aromatic N) is 6. The van der Waals surface area contributed by atoms with Gasteiger partial charge in [0.05, 0.1) is 22.8 Å². The van der Waals surface area contributed by atoms with Crippen LogP contribution in [-0.2, 0) is 6.42 Å². The van der Waals surface area contributed by atoms with E-state index < -0.39 is 12.3 Å². The Labute approximate surface area is 488 Å². The second-order valence-corrected chi connectivity index (χ2v) is 22.0. The molecule has 3 aliphatic heterocycles. The molecule has 4 unspecified atom stereocenters. The minimum atomic E-state index is -0.503. The van der Waals surface area contributed by atoms with Crippen molar-refractivity contribution < 1.29 is 0 Å². The van der Waals surface area contributed by atoms with Gasteiger partial charge in [-0.25, -0.2) is 20.0 Å². The monoisotopic (exact) mass is 1080 g/mol. The molecular formula is C76H56N8. The lowest BCUT2D eigenvalue weighted by Crippen LogP contribution is -2.35. The standard InChI is InChI=1S/C76H56N8/c1-5-24-50(25-6-1)57-33-15-17-36-61(57)74-80-73(81-75(82-74)62-37-18-16-34-58(62)51-26-7-2-8-27-51)55-42-45-67(64(48-55)76-78-71(52-28-9-3-10-29-52)77-72(79-76)53-30-11-4-12-31-53)84-65-39-21-19-35-59(65)60-44-46-68-69(70(60)84)63-38-20-22-40-66(63)83(68)56-43-41-49-23-13-14-32-54(49)47-56/h1-12,14-22,24-48,63,66,71,74H,13,23H2,(H,77,78,79)(H,80,81,82). The number of fused-ring (bicyclic) bond motifs is 8. The molecule has 0 amide bonds. The fraction of sp³-hybridized carbons (Fsp3) is 0.0789. The first-order chi connectivity index (χ1) is 41.7. The maximum atomic E-state index is 5.64. The third kappa shape index (κ3) is 8.53. The predicted octanol–water partition coefficient (Wildman–Crippen LogP) is 16.8. The van der Waals surface area contributed by atoms with Crippen LogP contribution in [-0.4, -0.2) is 34.0 Å². The summed E-state index contributed by atoms with van der Waals surface area (Å²) >= 11 is 0. The Morgan fingerprint density at radius 3 is 1.87 bits per heavy atom. The first kappa shape index (κ1) is 49.1. The van der Waals surface area contributed by atoms with E-state index in [-0.39, 0.29) is 12.0 Å². The Morgan fingerprint density at radius 2 is 1.07 bits per heavy atom. The molecule has 8 nitrogen and oxygen atoms in total. The number of aromatic nitrogens is 1. The lowest BCUT2D eigenvalue weighted by atomic mass is 9.90. The highest BCUT2D eigenvalue weighted by molar-refractivity contribution is 6.19. The van der Waals surface area contributed by atoms with Gasteiger partial charge in [0.2, 0.25) is 0 Å². The van der Waals surface area contributed by atoms with E-state index in [1.165, 1.54) is 38.8 Å². The number of hydrogen-bond donors (Lipinski definition) is 2. The van der Waals surface area contributed by atoms with Gasteiger partial charge in [-0.1, -0.05) is 237 Å². The molecule has 16 rings (SSSR count). The van der Waals surface area contributed by atoms with Crippen molar-refractivity contribution in [3.8, 4) is 27.9 Å². The molecule has 11 aromatic rings. The summed E-state index contributed by atoms with van der Waals surface area (Å²) in [5.41, 5.74) is 19.7. The smallest absolute Gasteiger partial charge is 0.161 e. The van der Waals surface area contributed by atoms with E-state index in [1.807, 2.05) is 6.07 Å². The topological polar surface area (TPSA) is 81.7 Å². The van der Waals surface area contributed by atoms with Crippen LogP contribution in [0.5, 0.6) is 0 Å². The zero-order chi connectivity index (χ0) is 55.5. The van der Waals surface area contributed by atoms with Gasteiger partial charge in [-0.3, -0.25) is 0 Å². The van der Waals surface area contributed by atoms with Crippen LogP contribution in [0.15, 0.2) is 293 Å². The Balaban J connectivity index is 0.948. The van der Waals surface area contributed by atoms with Crippen molar-refractivity contribution in [2.24, 2.45) is 20.0 Å². The van der Waals surface area contributed by atoms with Crippen LogP contribution in [0, 0.1) is 0 Å². The van der Waals surface area contributed by atoms with Gasteiger partial charge in [-0.2, -0.15) is 0 Å². The van der Waals surface area contributed by atoms with Gasteiger partial charge < -0.3 is 20.1 Å². The molecule has 8 heteroatoms. The van der Waals surface area contributed by atoms with E-state index in [0.29, 0.717) is 17.5 Å². The average Bonchev–Trinajstić information content (AvgIpc) is 1.83. The summed E-state index contributed by atoms with van der Waals surface area (Å²) < 4.78 is 2.50. The molecule has 1 aromatic heterocycles. The van der Waals surface area contributed by atoms with E-state index in [0.717, 1.165) is 91.0 Å². The largest absolute Gasteiger partial charge is 0.344 e. The molecule has 4 atom stereocenters. The number of hydrogen-bond acceptors (Lipinski definition) is 7. The Bertz CT molecular complexity index is 4620. The number of rotatable bonds is 10. The quantitative estimate of drug-likeness (QED) is 0.143. The molecule has 5 aliphatic rings. The SMILES string of the molecule is C1=CC2c3c(ccc4c5ccccc5n(-c5ccc(C6=NC(c7ccccc7-c7ccccc7)=NC(c7ccccc7-c7ccccc7)N6)cc5C5=NC(c6ccccc6)NC(c6ccccc6)=N5)c34)N(c3ccc4c(c3)C=CCC4)C2C=C1. The van der Waals surface area contributed by atoms with Gasteiger partial charge in [-0.15, -0.1) is 0 Å². The summed E-state index contributed by atoms with van der Waals surface area (Å²) in [7, 11) is 0. The highest BCUT2D eigenvalue weighted by Crippen LogP contribution is 2.53. The van der Waals surface area contributed by atoms with E-state index in [4.69, 9.17) is 20.0 Å². The summed E-state index contributed by atoms with van der Waals surface area (Å²) in [5, 5.41) is 10.0. The second kappa shape index (κ2) is 20.7. The first-order valence-electron chi connectivity index (χ1n) is 29.1. The van der Waals surface area contributed by atoms with E-state index >= 15 is 0 Å². The van der Waals surface area contributed by atoms with Crippen LogP contribution in [0.2, 0.25) is 0 Å². The molecule has 0 spiro atoms. The summed E-state index contributed by atoms with van der Waals surface area (Å²) in [5.74, 6) is 2.73. The van der Waals surface area contributed by atoms with Crippen LogP contribution >= 0.6 is 0 Å². The van der Waals surface area contributed by atoms with E-state index in [1.54, 1.807) is 0 Å². The number of allylic oxidation sites excluding steroid dienone is 3. The van der Waals surface area contributed by atoms with Crippen molar-refractivity contribution in [2.45, 2.75) is 37.1 Å². The number of anilines is 2. The fourth-order valence-electron chi connectivity index (χ4n) is 13.2. The van der Waals surface area contributed by atoms with Crippen LogP contribution in [0.4, 0.5) is 11.4 Å². The molecule has 10 aromatic carbocycles. The highest BCUT2D eigenvalue weighted by Gasteiger charge is 2.41. The van der Waals surface area contributed by atoms with Gasteiger partial charge in [0.15, 0.2) is 11.7 Å². The Hall–Kier alpha value is -10.7. The van der Waals surface area contributed by atoms with Crippen LogP contribution < -0.4 is 15.5 Å².